The van der Waals surface area contributed by atoms with Crippen LogP contribution in [0.3, 0.4) is 0 Å². The third-order valence-electron chi connectivity index (χ3n) is 5.49. The van der Waals surface area contributed by atoms with Crippen LogP contribution in [0.15, 0.2) is 55.2 Å². The number of aryl methyl sites for hydroxylation is 1. The molecule has 5 rings (SSSR count). The van der Waals surface area contributed by atoms with Gasteiger partial charge >= 0.3 is 0 Å². The van der Waals surface area contributed by atoms with Gasteiger partial charge in [-0.1, -0.05) is 11.3 Å². The first kappa shape index (κ1) is 17.5. The lowest BCUT2D eigenvalue weighted by atomic mass is 10.0. The zero-order valence-corrected chi connectivity index (χ0v) is 16.1. The number of hydrogen-bond acceptors (Lipinski definition) is 5. The molecule has 0 atom stereocenters. The van der Waals surface area contributed by atoms with Gasteiger partial charge in [0.1, 0.15) is 17.0 Å². The van der Waals surface area contributed by atoms with Crippen molar-refractivity contribution < 1.29 is 4.79 Å². The average molecular weight is 387 g/mol. The first-order valence-electron chi connectivity index (χ1n) is 9.75. The third kappa shape index (κ3) is 3.26. The second-order valence-electron chi connectivity index (χ2n) is 7.40. The number of nitrogens with zero attached hydrogens (tertiary/aromatic N) is 7. The van der Waals surface area contributed by atoms with Crippen LogP contribution in [0.4, 0.5) is 0 Å². The number of piperidine rings is 1. The monoisotopic (exact) mass is 387 g/mol. The van der Waals surface area contributed by atoms with Gasteiger partial charge in [0.2, 0.25) is 0 Å². The summed E-state index contributed by atoms with van der Waals surface area (Å²) in [5.74, 6) is -0.0128. The molecule has 1 amide bonds. The Morgan fingerprint density at radius 1 is 1.14 bits per heavy atom. The van der Waals surface area contributed by atoms with Crippen LogP contribution < -0.4 is 0 Å². The van der Waals surface area contributed by atoms with E-state index in [-0.39, 0.29) is 11.9 Å². The molecule has 1 fully saturated rings. The Morgan fingerprint density at radius 3 is 2.76 bits per heavy atom. The third-order valence-corrected chi connectivity index (χ3v) is 5.49. The van der Waals surface area contributed by atoms with Crippen molar-refractivity contribution in [3.63, 3.8) is 0 Å². The molecule has 0 unspecified atom stereocenters. The van der Waals surface area contributed by atoms with Crippen LogP contribution in [0.2, 0.25) is 0 Å². The summed E-state index contributed by atoms with van der Waals surface area (Å²) in [6.45, 7) is 3.36. The van der Waals surface area contributed by atoms with E-state index >= 15 is 0 Å². The van der Waals surface area contributed by atoms with Gasteiger partial charge in [0.05, 0.1) is 12.2 Å². The van der Waals surface area contributed by atoms with E-state index in [1.807, 2.05) is 63.8 Å². The molecule has 146 valence electrons. The summed E-state index contributed by atoms with van der Waals surface area (Å²) in [5, 5.41) is 8.58. The fourth-order valence-corrected chi connectivity index (χ4v) is 3.85. The Labute approximate surface area is 167 Å². The summed E-state index contributed by atoms with van der Waals surface area (Å²) in [7, 11) is 0. The molecule has 0 aromatic carbocycles. The fraction of sp³-hybridized carbons (Fsp3) is 0.286. The molecule has 4 aromatic rings. The number of fused-ring (bicyclic) bond motifs is 1. The fourth-order valence-electron chi connectivity index (χ4n) is 3.85. The molecule has 1 aliphatic rings. The van der Waals surface area contributed by atoms with Crippen molar-refractivity contribution in [1.82, 2.24) is 34.3 Å². The molecule has 0 saturated carbocycles. The molecular weight excluding hydrogens is 366 g/mol. The maximum absolute atomic E-state index is 12.9. The molecular formula is C21H21N7O. The average Bonchev–Trinajstić information content (AvgIpc) is 3.42. The van der Waals surface area contributed by atoms with E-state index in [9.17, 15) is 4.79 Å². The van der Waals surface area contributed by atoms with Crippen LogP contribution in [-0.4, -0.2) is 53.3 Å². The van der Waals surface area contributed by atoms with Gasteiger partial charge in [0, 0.05) is 43.4 Å². The van der Waals surface area contributed by atoms with E-state index < -0.39 is 0 Å². The van der Waals surface area contributed by atoms with Gasteiger partial charge in [-0.25, -0.2) is 9.67 Å². The molecule has 1 saturated heterocycles. The van der Waals surface area contributed by atoms with Crippen LogP contribution in [0, 0.1) is 6.92 Å². The maximum atomic E-state index is 12.9. The molecule has 4 aromatic heterocycles. The molecule has 0 radical (unpaired) electrons. The van der Waals surface area contributed by atoms with Gasteiger partial charge in [-0.15, -0.1) is 5.10 Å². The quantitative estimate of drug-likeness (QED) is 0.540. The first-order valence-corrected chi connectivity index (χ1v) is 9.75. The molecule has 29 heavy (non-hydrogen) atoms. The van der Waals surface area contributed by atoms with Crippen molar-refractivity contribution in [3.05, 3.63) is 66.5 Å². The first-order chi connectivity index (χ1) is 14.2. The lowest BCUT2D eigenvalue weighted by molar-refractivity contribution is 0.0684. The van der Waals surface area contributed by atoms with Gasteiger partial charge in [0.25, 0.3) is 5.91 Å². The highest BCUT2D eigenvalue weighted by molar-refractivity contribution is 5.93. The Kier molecular flexibility index (Phi) is 4.31. The zero-order chi connectivity index (χ0) is 19.8. The number of pyridine rings is 2. The number of rotatable bonds is 3. The lowest BCUT2D eigenvalue weighted by Crippen LogP contribution is -2.39. The van der Waals surface area contributed by atoms with Crippen molar-refractivity contribution in [2.45, 2.75) is 25.8 Å². The summed E-state index contributed by atoms with van der Waals surface area (Å²) >= 11 is 0. The molecule has 0 spiro atoms. The minimum atomic E-state index is -0.0128. The van der Waals surface area contributed by atoms with E-state index in [2.05, 4.69) is 20.3 Å². The Morgan fingerprint density at radius 2 is 2.00 bits per heavy atom. The number of likely N-dealkylation sites (tertiary alicyclic amines) is 1. The number of aromatic nitrogens is 6. The van der Waals surface area contributed by atoms with Gasteiger partial charge in [-0.2, -0.15) is 0 Å². The smallest absolute Gasteiger partial charge is 0.274 e. The number of hydrogen-bond donors (Lipinski definition) is 0. The summed E-state index contributed by atoms with van der Waals surface area (Å²) in [5.41, 5.74) is 4.15. The minimum Gasteiger partial charge on any atom is -0.337 e. The van der Waals surface area contributed by atoms with E-state index in [1.165, 1.54) is 0 Å². The number of amides is 1. The molecule has 8 nitrogen and oxygen atoms in total. The van der Waals surface area contributed by atoms with E-state index in [0.717, 1.165) is 35.3 Å². The van der Waals surface area contributed by atoms with Crippen LogP contribution in [0.5, 0.6) is 0 Å². The summed E-state index contributed by atoms with van der Waals surface area (Å²) in [6.07, 6.45) is 10.9. The van der Waals surface area contributed by atoms with Crippen molar-refractivity contribution in [2.24, 2.45) is 0 Å². The summed E-state index contributed by atoms with van der Waals surface area (Å²) < 4.78 is 3.82. The largest absolute Gasteiger partial charge is 0.337 e. The maximum Gasteiger partial charge on any atom is 0.274 e. The standard InChI is InChI=1S/C21H21N7O/c1-15-4-3-9-27-13-19(23-20(15)27)21(29)26-10-6-17(7-11-26)28-14-18(24-25-28)16-5-2-8-22-12-16/h2-5,8-9,12-14,17H,6-7,10-11H2,1H3. The van der Waals surface area contributed by atoms with Gasteiger partial charge < -0.3 is 9.30 Å². The minimum absolute atomic E-state index is 0.0128. The second-order valence-corrected chi connectivity index (χ2v) is 7.40. The van der Waals surface area contributed by atoms with Gasteiger partial charge in [-0.05, 0) is 43.5 Å². The van der Waals surface area contributed by atoms with Crippen molar-refractivity contribution in [2.75, 3.05) is 13.1 Å². The molecule has 5 heterocycles. The predicted molar refractivity (Wildman–Crippen MR) is 107 cm³/mol. The van der Waals surface area contributed by atoms with Gasteiger partial charge in [0.15, 0.2) is 0 Å². The number of imidazole rings is 1. The topological polar surface area (TPSA) is 81.2 Å². The molecule has 8 heteroatoms. The Balaban J connectivity index is 1.27. The number of carbonyl (C=O) groups excluding carboxylic acids is 1. The van der Waals surface area contributed by atoms with Crippen molar-refractivity contribution >= 4 is 11.6 Å². The predicted octanol–water partition coefficient (Wildman–Crippen LogP) is 2.77. The summed E-state index contributed by atoms with van der Waals surface area (Å²) in [6, 6.07) is 8.06. The SMILES string of the molecule is Cc1cccn2cc(C(=O)N3CCC(n4cc(-c5cccnc5)nn4)CC3)nc12. The molecule has 1 aliphatic heterocycles. The number of carbonyl (C=O) groups is 1. The Bertz CT molecular complexity index is 1160. The van der Waals surface area contributed by atoms with Crippen molar-refractivity contribution in [1.29, 1.82) is 0 Å². The normalized spacial score (nSPS) is 15.1. The van der Waals surface area contributed by atoms with Gasteiger partial charge in [-0.3, -0.25) is 9.78 Å². The highest BCUT2D eigenvalue weighted by atomic mass is 16.2. The van der Waals surface area contributed by atoms with Crippen molar-refractivity contribution in [3.8, 4) is 11.3 Å². The van der Waals surface area contributed by atoms with E-state index in [0.29, 0.717) is 18.8 Å². The van der Waals surface area contributed by atoms with Crippen LogP contribution in [0.1, 0.15) is 34.9 Å². The van der Waals surface area contributed by atoms with Crippen LogP contribution in [-0.2, 0) is 0 Å². The van der Waals surface area contributed by atoms with Crippen LogP contribution >= 0.6 is 0 Å². The zero-order valence-electron chi connectivity index (χ0n) is 16.1. The Hall–Kier alpha value is -3.55. The molecule has 0 N–H and O–H groups in total. The van der Waals surface area contributed by atoms with E-state index in [1.54, 1.807) is 12.4 Å². The molecule has 0 bridgehead atoms. The van der Waals surface area contributed by atoms with Crippen LogP contribution in [0.25, 0.3) is 16.9 Å². The lowest BCUT2D eigenvalue weighted by Gasteiger charge is -2.31. The summed E-state index contributed by atoms with van der Waals surface area (Å²) in [4.78, 5) is 23.5. The van der Waals surface area contributed by atoms with E-state index in [4.69, 9.17) is 0 Å². The highest BCUT2D eigenvalue weighted by Gasteiger charge is 2.27. The molecule has 0 aliphatic carbocycles. The highest BCUT2D eigenvalue weighted by Crippen LogP contribution is 2.25. The second kappa shape index (κ2) is 7.12.